The SMILES string of the molecule is COCCOc1c(CN)n(CC(C)(C)C)c(=O)c2ccccc12.Cl. The van der Waals surface area contributed by atoms with E-state index in [0.29, 0.717) is 30.9 Å². The summed E-state index contributed by atoms with van der Waals surface area (Å²) in [5.74, 6) is 0.684. The average molecular weight is 355 g/mol. The molecule has 2 aromatic rings. The summed E-state index contributed by atoms with van der Waals surface area (Å²) in [6, 6.07) is 7.51. The van der Waals surface area contributed by atoms with Crippen molar-refractivity contribution in [2.45, 2.75) is 33.9 Å². The zero-order valence-corrected chi connectivity index (χ0v) is 15.6. The molecule has 0 bridgehead atoms. The third-order valence-corrected chi connectivity index (χ3v) is 3.59. The van der Waals surface area contributed by atoms with E-state index < -0.39 is 0 Å². The molecule has 5 nitrogen and oxygen atoms in total. The van der Waals surface area contributed by atoms with Crippen LogP contribution in [-0.2, 0) is 17.8 Å². The summed E-state index contributed by atoms with van der Waals surface area (Å²) in [5, 5.41) is 1.46. The summed E-state index contributed by atoms with van der Waals surface area (Å²) in [6.07, 6.45) is 0. The number of halogens is 1. The molecule has 2 N–H and O–H groups in total. The first-order chi connectivity index (χ1) is 10.9. The van der Waals surface area contributed by atoms with Crippen LogP contribution in [0.15, 0.2) is 29.1 Å². The number of rotatable bonds is 6. The number of ether oxygens (including phenoxy) is 2. The van der Waals surface area contributed by atoms with Crippen LogP contribution in [0.4, 0.5) is 0 Å². The number of nitrogens with two attached hydrogens (primary N) is 1. The van der Waals surface area contributed by atoms with Gasteiger partial charge in [-0.3, -0.25) is 4.79 Å². The molecular weight excluding hydrogens is 328 g/mol. The zero-order valence-electron chi connectivity index (χ0n) is 14.8. The van der Waals surface area contributed by atoms with Crippen molar-refractivity contribution < 1.29 is 9.47 Å². The second-order valence-corrected chi connectivity index (χ2v) is 6.82. The summed E-state index contributed by atoms with van der Waals surface area (Å²) < 4.78 is 12.7. The first-order valence-electron chi connectivity index (χ1n) is 7.85. The van der Waals surface area contributed by atoms with Crippen molar-refractivity contribution in [2.24, 2.45) is 11.1 Å². The lowest BCUT2D eigenvalue weighted by molar-refractivity contribution is 0.145. The van der Waals surface area contributed by atoms with E-state index in [0.717, 1.165) is 11.1 Å². The smallest absolute Gasteiger partial charge is 0.258 e. The lowest BCUT2D eigenvalue weighted by Gasteiger charge is -2.25. The van der Waals surface area contributed by atoms with Gasteiger partial charge >= 0.3 is 0 Å². The van der Waals surface area contributed by atoms with E-state index in [2.05, 4.69) is 20.8 Å². The van der Waals surface area contributed by atoms with Gasteiger partial charge in [-0.1, -0.05) is 39.0 Å². The van der Waals surface area contributed by atoms with E-state index in [1.54, 1.807) is 11.7 Å². The number of methoxy groups -OCH3 is 1. The van der Waals surface area contributed by atoms with Gasteiger partial charge < -0.3 is 19.8 Å². The first kappa shape index (κ1) is 20.5. The highest BCUT2D eigenvalue weighted by Crippen LogP contribution is 2.29. The van der Waals surface area contributed by atoms with Crippen LogP contribution in [-0.4, -0.2) is 24.9 Å². The van der Waals surface area contributed by atoms with Crippen LogP contribution in [0.5, 0.6) is 5.75 Å². The summed E-state index contributed by atoms with van der Waals surface area (Å²) in [7, 11) is 1.63. The molecule has 0 amide bonds. The Morgan fingerprint density at radius 2 is 1.75 bits per heavy atom. The van der Waals surface area contributed by atoms with Gasteiger partial charge in [-0.15, -0.1) is 12.4 Å². The topological polar surface area (TPSA) is 66.5 Å². The minimum absolute atomic E-state index is 0. The fourth-order valence-corrected chi connectivity index (χ4v) is 2.65. The van der Waals surface area contributed by atoms with E-state index in [1.165, 1.54) is 0 Å². The number of fused-ring (bicyclic) bond motifs is 1. The lowest BCUT2D eigenvalue weighted by Crippen LogP contribution is -2.31. The van der Waals surface area contributed by atoms with Gasteiger partial charge in [0.05, 0.1) is 17.7 Å². The van der Waals surface area contributed by atoms with Gasteiger partial charge in [0.2, 0.25) is 0 Å². The minimum Gasteiger partial charge on any atom is -0.489 e. The highest BCUT2D eigenvalue weighted by Gasteiger charge is 2.20. The molecular formula is C18H27ClN2O3. The van der Waals surface area contributed by atoms with Gasteiger partial charge in [-0.25, -0.2) is 0 Å². The van der Waals surface area contributed by atoms with Gasteiger partial charge in [0, 0.05) is 25.6 Å². The number of nitrogens with zero attached hydrogens (tertiary/aromatic N) is 1. The molecule has 0 atom stereocenters. The van der Waals surface area contributed by atoms with Crippen molar-refractivity contribution in [2.75, 3.05) is 20.3 Å². The van der Waals surface area contributed by atoms with Crippen molar-refractivity contribution in [3.63, 3.8) is 0 Å². The van der Waals surface area contributed by atoms with Gasteiger partial charge in [-0.05, 0) is 11.5 Å². The number of aromatic nitrogens is 1. The molecule has 6 heteroatoms. The molecule has 134 valence electrons. The molecule has 1 heterocycles. The van der Waals surface area contributed by atoms with Crippen LogP contribution < -0.4 is 16.0 Å². The Balaban J connectivity index is 0.00000288. The second kappa shape index (κ2) is 8.51. The Bertz CT molecular complexity index is 735. The fraction of sp³-hybridized carbons (Fsp3) is 0.500. The summed E-state index contributed by atoms with van der Waals surface area (Å²) in [5.41, 5.74) is 6.64. The van der Waals surface area contributed by atoms with Crippen LogP contribution in [0.1, 0.15) is 26.5 Å². The molecule has 0 aliphatic rings. The first-order valence-corrected chi connectivity index (χ1v) is 7.85. The zero-order chi connectivity index (χ0) is 17.0. The molecule has 2 rings (SSSR count). The van der Waals surface area contributed by atoms with Crippen molar-refractivity contribution >= 4 is 23.2 Å². The fourth-order valence-electron chi connectivity index (χ4n) is 2.65. The molecule has 0 fully saturated rings. The quantitative estimate of drug-likeness (QED) is 0.810. The molecule has 1 aromatic carbocycles. The maximum absolute atomic E-state index is 12.9. The maximum atomic E-state index is 12.9. The standard InChI is InChI=1S/C18H26N2O3.ClH/c1-18(2,3)12-20-15(11-19)16(23-10-9-22-4)13-7-5-6-8-14(13)17(20)21;/h5-8H,9-12,19H2,1-4H3;1H. The predicted molar refractivity (Wildman–Crippen MR) is 100 cm³/mol. The number of benzene rings is 1. The van der Waals surface area contributed by atoms with Crippen LogP contribution in [0.3, 0.4) is 0 Å². The Kier molecular flexibility index (Phi) is 7.27. The monoisotopic (exact) mass is 354 g/mol. The number of hydrogen-bond donors (Lipinski definition) is 1. The van der Waals surface area contributed by atoms with E-state index in [9.17, 15) is 4.79 Å². The Morgan fingerprint density at radius 3 is 2.29 bits per heavy atom. The third-order valence-electron chi connectivity index (χ3n) is 3.59. The van der Waals surface area contributed by atoms with Crippen LogP contribution in [0, 0.1) is 5.41 Å². The summed E-state index contributed by atoms with van der Waals surface area (Å²) in [4.78, 5) is 12.9. The average Bonchev–Trinajstić information content (AvgIpc) is 2.50. The Hall–Kier alpha value is -1.56. The van der Waals surface area contributed by atoms with E-state index >= 15 is 0 Å². The molecule has 0 aliphatic heterocycles. The third kappa shape index (κ3) is 4.50. The molecule has 24 heavy (non-hydrogen) atoms. The van der Waals surface area contributed by atoms with Gasteiger partial charge in [0.25, 0.3) is 5.56 Å². The van der Waals surface area contributed by atoms with E-state index in [4.69, 9.17) is 15.2 Å². The van der Waals surface area contributed by atoms with Crippen LogP contribution in [0.2, 0.25) is 0 Å². The lowest BCUT2D eigenvalue weighted by atomic mass is 9.96. The normalized spacial score (nSPS) is 11.4. The molecule has 0 spiro atoms. The molecule has 0 saturated carbocycles. The van der Waals surface area contributed by atoms with E-state index in [1.807, 2.05) is 24.3 Å². The van der Waals surface area contributed by atoms with Crippen LogP contribution >= 0.6 is 12.4 Å². The van der Waals surface area contributed by atoms with Crippen LogP contribution in [0.25, 0.3) is 10.8 Å². The van der Waals surface area contributed by atoms with E-state index in [-0.39, 0.29) is 29.9 Å². The maximum Gasteiger partial charge on any atom is 0.258 e. The Labute approximate surface area is 149 Å². The summed E-state index contributed by atoms with van der Waals surface area (Å²) in [6.45, 7) is 8.03. The minimum atomic E-state index is -0.0417. The van der Waals surface area contributed by atoms with Gasteiger partial charge in [0.1, 0.15) is 12.4 Å². The van der Waals surface area contributed by atoms with Gasteiger partial charge in [0.15, 0.2) is 0 Å². The highest BCUT2D eigenvalue weighted by atomic mass is 35.5. The predicted octanol–water partition coefficient (Wildman–Crippen LogP) is 2.95. The number of pyridine rings is 1. The van der Waals surface area contributed by atoms with Crippen molar-refractivity contribution in [1.82, 2.24) is 4.57 Å². The summed E-state index contributed by atoms with van der Waals surface area (Å²) >= 11 is 0. The molecule has 0 unspecified atom stereocenters. The highest BCUT2D eigenvalue weighted by molar-refractivity contribution is 5.88. The second-order valence-electron chi connectivity index (χ2n) is 6.82. The largest absolute Gasteiger partial charge is 0.489 e. The van der Waals surface area contributed by atoms with Crippen molar-refractivity contribution in [1.29, 1.82) is 0 Å². The Morgan fingerprint density at radius 1 is 1.12 bits per heavy atom. The van der Waals surface area contributed by atoms with Crippen molar-refractivity contribution in [3.8, 4) is 5.75 Å². The van der Waals surface area contributed by atoms with Gasteiger partial charge in [-0.2, -0.15) is 0 Å². The number of hydrogen-bond acceptors (Lipinski definition) is 4. The molecule has 0 saturated heterocycles. The molecule has 0 aliphatic carbocycles. The molecule has 1 aromatic heterocycles. The van der Waals surface area contributed by atoms with Crippen molar-refractivity contribution in [3.05, 3.63) is 40.3 Å². The molecule has 0 radical (unpaired) electrons.